The number of hydrogen-bond acceptors (Lipinski definition) is 7. The summed E-state index contributed by atoms with van der Waals surface area (Å²) < 4.78 is 16.1. The molecular formula is C13H18N4O3. The summed E-state index contributed by atoms with van der Waals surface area (Å²) >= 11 is 0. The van der Waals surface area contributed by atoms with Crippen molar-refractivity contribution in [1.82, 2.24) is 20.4 Å². The van der Waals surface area contributed by atoms with Crippen LogP contribution in [0.4, 0.5) is 0 Å². The lowest BCUT2D eigenvalue weighted by Gasteiger charge is -2.31. The van der Waals surface area contributed by atoms with Gasteiger partial charge < -0.3 is 19.0 Å². The zero-order chi connectivity index (χ0) is 13.8. The van der Waals surface area contributed by atoms with Gasteiger partial charge in [0.1, 0.15) is 0 Å². The molecule has 3 rings (SSSR count). The molecule has 0 saturated carbocycles. The minimum Gasteiger partial charge on any atom is -0.459 e. The second-order valence-corrected chi connectivity index (χ2v) is 4.78. The first-order valence-electron chi connectivity index (χ1n) is 6.70. The van der Waals surface area contributed by atoms with Crippen molar-refractivity contribution in [3.63, 3.8) is 0 Å². The van der Waals surface area contributed by atoms with Crippen molar-refractivity contribution in [3.8, 4) is 11.7 Å². The van der Waals surface area contributed by atoms with E-state index in [0.717, 1.165) is 26.2 Å². The Bertz CT molecular complexity index is 523. The van der Waals surface area contributed by atoms with Crippen molar-refractivity contribution in [3.05, 3.63) is 24.2 Å². The predicted octanol–water partition coefficient (Wildman–Crippen LogP) is 0.750. The maximum absolute atomic E-state index is 5.67. The Morgan fingerprint density at radius 3 is 3.25 bits per heavy atom. The van der Waals surface area contributed by atoms with Gasteiger partial charge in [0, 0.05) is 19.6 Å². The minimum absolute atomic E-state index is 0.213. The molecule has 2 aromatic rings. The normalized spacial score (nSPS) is 20.4. The molecule has 1 N–H and O–H groups in total. The van der Waals surface area contributed by atoms with E-state index in [4.69, 9.17) is 13.7 Å². The molecule has 1 unspecified atom stereocenters. The fourth-order valence-corrected chi connectivity index (χ4v) is 2.29. The Morgan fingerprint density at radius 2 is 2.45 bits per heavy atom. The summed E-state index contributed by atoms with van der Waals surface area (Å²) in [7, 11) is 1.93. The van der Waals surface area contributed by atoms with Crippen molar-refractivity contribution < 1.29 is 13.7 Å². The Morgan fingerprint density at radius 1 is 1.50 bits per heavy atom. The summed E-state index contributed by atoms with van der Waals surface area (Å²) in [4.78, 5) is 6.61. The number of hydrogen-bond donors (Lipinski definition) is 1. The number of aromatic nitrogens is 2. The topological polar surface area (TPSA) is 76.6 Å². The summed E-state index contributed by atoms with van der Waals surface area (Å²) in [6.07, 6.45) is 1.80. The third-order valence-electron chi connectivity index (χ3n) is 3.22. The molecule has 1 fully saturated rings. The van der Waals surface area contributed by atoms with E-state index in [1.807, 2.05) is 7.05 Å². The van der Waals surface area contributed by atoms with E-state index in [9.17, 15) is 0 Å². The standard InChI is InChI=1S/C13H18N4O3/c1-14-7-10-8-17(4-6-18-10)9-12-15-13(20-16-12)11-3-2-5-19-11/h2-3,5,10,14H,4,6-9H2,1H3. The van der Waals surface area contributed by atoms with Crippen LogP contribution in [0.3, 0.4) is 0 Å². The van der Waals surface area contributed by atoms with Gasteiger partial charge in [0.05, 0.1) is 25.5 Å². The number of ether oxygens (including phenoxy) is 1. The summed E-state index contributed by atoms with van der Waals surface area (Å²) in [5.74, 6) is 1.69. The second kappa shape index (κ2) is 6.17. The van der Waals surface area contributed by atoms with Gasteiger partial charge in [-0.2, -0.15) is 4.98 Å². The van der Waals surface area contributed by atoms with Gasteiger partial charge in [0.15, 0.2) is 11.6 Å². The monoisotopic (exact) mass is 278 g/mol. The van der Waals surface area contributed by atoms with Crippen LogP contribution >= 0.6 is 0 Å². The Kier molecular flexibility index (Phi) is 4.10. The first kappa shape index (κ1) is 13.3. The van der Waals surface area contributed by atoms with Crippen LogP contribution in [0.1, 0.15) is 5.82 Å². The van der Waals surface area contributed by atoms with Gasteiger partial charge in [-0.1, -0.05) is 5.16 Å². The smallest absolute Gasteiger partial charge is 0.293 e. The Hall–Kier alpha value is -1.70. The zero-order valence-corrected chi connectivity index (χ0v) is 11.4. The molecule has 0 bridgehead atoms. The van der Waals surface area contributed by atoms with Crippen LogP contribution in [-0.2, 0) is 11.3 Å². The van der Waals surface area contributed by atoms with Crippen LogP contribution in [-0.4, -0.2) is 54.4 Å². The molecule has 0 spiro atoms. The quantitative estimate of drug-likeness (QED) is 0.864. The molecule has 0 aliphatic carbocycles. The van der Waals surface area contributed by atoms with E-state index < -0.39 is 0 Å². The van der Waals surface area contributed by atoms with Gasteiger partial charge in [0.2, 0.25) is 0 Å². The Balaban J connectivity index is 1.60. The highest BCUT2D eigenvalue weighted by atomic mass is 16.5. The van der Waals surface area contributed by atoms with Crippen molar-refractivity contribution in [2.24, 2.45) is 0 Å². The van der Waals surface area contributed by atoms with Crippen molar-refractivity contribution in [2.75, 3.05) is 33.3 Å². The average Bonchev–Trinajstić information content (AvgIpc) is 3.10. The number of likely N-dealkylation sites (N-methyl/N-ethyl adjacent to an activating group) is 1. The van der Waals surface area contributed by atoms with E-state index in [1.165, 1.54) is 0 Å². The average molecular weight is 278 g/mol. The molecule has 2 aromatic heterocycles. The molecule has 3 heterocycles. The molecule has 1 saturated heterocycles. The molecule has 0 aromatic carbocycles. The first-order chi connectivity index (χ1) is 9.85. The molecule has 108 valence electrons. The highest BCUT2D eigenvalue weighted by Crippen LogP contribution is 2.18. The summed E-state index contributed by atoms with van der Waals surface area (Å²) in [5.41, 5.74) is 0. The van der Waals surface area contributed by atoms with Crippen LogP contribution in [0.15, 0.2) is 27.3 Å². The van der Waals surface area contributed by atoms with Gasteiger partial charge in [-0.15, -0.1) is 0 Å². The molecule has 1 aliphatic rings. The van der Waals surface area contributed by atoms with Crippen LogP contribution in [0.5, 0.6) is 0 Å². The number of morpholine rings is 1. The Labute approximate surface area is 116 Å². The van der Waals surface area contributed by atoms with Crippen LogP contribution < -0.4 is 5.32 Å². The van der Waals surface area contributed by atoms with E-state index in [1.54, 1.807) is 18.4 Å². The molecule has 0 radical (unpaired) electrons. The molecule has 20 heavy (non-hydrogen) atoms. The maximum Gasteiger partial charge on any atom is 0.293 e. The number of rotatable bonds is 5. The summed E-state index contributed by atoms with van der Waals surface area (Å²) in [5, 5.41) is 7.12. The van der Waals surface area contributed by atoms with E-state index in [2.05, 4.69) is 20.4 Å². The van der Waals surface area contributed by atoms with Gasteiger partial charge in [-0.3, -0.25) is 4.90 Å². The highest BCUT2D eigenvalue weighted by molar-refractivity contribution is 5.42. The summed E-state index contributed by atoms with van der Waals surface area (Å²) in [6.45, 7) is 3.99. The molecule has 1 aliphatic heterocycles. The van der Waals surface area contributed by atoms with Crippen molar-refractivity contribution >= 4 is 0 Å². The number of furan rings is 1. The molecule has 0 amide bonds. The summed E-state index contributed by atoms with van der Waals surface area (Å²) in [6, 6.07) is 3.60. The van der Waals surface area contributed by atoms with Gasteiger partial charge in [-0.25, -0.2) is 0 Å². The highest BCUT2D eigenvalue weighted by Gasteiger charge is 2.21. The SMILES string of the molecule is CNCC1CN(Cc2noc(-c3ccco3)n2)CCO1. The van der Waals surface area contributed by atoms with Crippen LogP contribution in [0.2, 0.25) is 0 Å². The van der Waals surface area contributed by atoms with Crippen LogP contribution in [0.25, 0.3) is 11.7 Å². The minimum atomic E-state index is 0.213. The lowest BCUT2D eigenvalue weighted by Crippen LogP contribution is -2.45. The fraction of sp³-hybridized carbons (Fsp3) is 0.538. The zero-order valence-electron chi connectivity index (χ0n) is 11.4. The molecule has 1 atom stereocenters. The first-order valence-corrected chi connectivity index (χ1v) is 6.70. The van der Waals surface area contributed by atoms with Gasteiger partial charge in [0.25, 0.3) is 5.89 Å². The van der Waals surface area contributed by atoms with Crippen molar-refractivity contribution in [1.29, 1.82) is 0 Å². The van der Waals surface area contributed by atoms with E-state index in [0.29, 0.717) is 24.0 Å². The van der Waals surface area contributed by atoms with Crippen molar-refractivity contribution in [2.45, 2.75) is 12.6 Å². The van der Waals surface area contributed by atoms with Crippen LogP contribution in [0, 0.1) is 0 Å². The maximum atomic E-state index is 5.67. The predicted molar refractivity (Wildman–Crippen MR) is 70.9 cm³/mol. The second-order valence-electron chi connectivity index (χ2n) is 4.78. The molecule has 7 nitrogen and oxygen atoms in total. The lowest BCUT2D eigenvalue weighted by atomic mass is 10.2. The number of nitrogens with zero attached hydrogens (tertiary/aromatic N) is 3. The molecule has 7 heteroatoms. The van der Waals surface area contributed by atoms with Gasteiger partial charge in [-0.05, 0) is 19.2 Å². The fourth-order valence-electron chi connectivity index (χ4n) is 2.29. The number of nitrogens with one attached hydrogen (secondary N) is 1. The molecular weight excluding hydrogens is 260 g/mol. The van der Waals surface area contributed by atoms with E-state index in [-0.39, 0.29) is 6.10 Å². The third kappa shape index (κ3) is 3.06. The lowest BCUT2D eigenvalue weighted by molar-refractivity contribution is -0.0300. The van der Waals surface area contributed by atoms with E-state index >= 15 is 0 Å². The largest absolute Gasteiger partial charge is 0.459 e. The van der Waals surface area contributed by atoms with Gasteiger partial charge >= 0.3 is 0 Å². The third-order valence-corrected chi connectivity index (χ3v) is 3.22.